The fourth-order valence-electron chi connectivity index (χ4n) is 1.78. The number of halogens is 2. The maximum Gasteiger partial charge on any atom is 0.255 e. The largest absolute Gasteiger partial charge is 0.332 e. The highest BCUT2D eigenvalue weighted by Gasteiger charge is 2.15. The first kappa shape index (κ1) is 16.3. The van der Waals surface area contributed by atoms with Crippen LogP contribution in [-0.4, -0.2) is 35.3 Å². The Morgan fingerprint density at radius 2 is 2.05 bits per heavy atom. The predicted molar refractivity (Wildman–Crippen MR) is 86.3 cm³/mol. The van der Waals surface area contributed by atoms with Crippen molar-refractivity contribution in [2.45, 2.75) is 0 Å². The van der Waals surface area contributed by atoms with Gasteiger partial charge in [-0.15, -0.1) is 0 Å². The number of aromatic nitrogens is 1. The first-order valence-corrected chi connectivity index (χ1v) is 7.13. The van der Waals surface area contributed by atoms with Crippen LogP contribution in [0.5, 0.6) is 0 Å². The van der Waals surface area contributed by atoms with Gasteiger partial charge < -0.3 is 10.2 Å². The maximum atomic E-state index is 12.1. The summed E-state index contributed by atoms with van der Waals surface area (Å²) in [6.45, 7) is -0.104. The third-order valence-electron chi connectivity index (χ3n) is 2.84. The summed E-state index contributed by atoms with van der Waals surface area (Å²) >= 11 is 11.8. The number of carbonyl (C=O) groups is 2. The number of hydrogen-bond donors (Lipinski definition) is 1. The summed E-state index contributed by atoms with van der Waals surface area (Å²) in [5.74, 6) is -0.644. The minimum Gasteiger partial charge on any atom is -0.332 e. The molecule has 22 heavy (non-hydrogen) atoms. The maximum absolute atomic E-state index is 12.1. The average Bonchev–Trinajstić information content (AvgIpc) is 2.50. The van der Waals surface area contributed by atoms with E-state index < -0.39 is 0 Å². The second-order valence-corrected chi connectivity index (χ2v) is 5.42. The van der Waals surface area contributed by atoms with Gasteiger partial charge in [0, 0.05) is 24.5 Å². The van der Waals surface area contributed by atoms with Crippen molar-refractivity contribution < 1.29 is 9.59 Å². The van der Waals surface area contributed by atoms with Crippen molar-refractivity contribution in [3.05, 3.63) is 58.3 Å². The Morgan fingerprint density at radius 3 is 2.68 bits per heavy atom. The minimum absolute atomic E-state index is 0.104. The number of anilines is 1. The quantitative estimate of drug-likeness (QED) is 0.932. The number of nitrogens with zero attached hydrogens (tertiary/aromatic N) is 2. The monoisotopic (exact) mass is 337 g/mol. The van der Waals surface area contributed by atoms with E-state index in [0.29, 0.717) is 21.3 Å². The van der Waals surface area contributed by atoms with Crippen molar-refractivity contribution in [1.82, 2.24) is 9.88 Å². The van der Waals surface area contributed by atoms with Gasteiger partial charge in [-0.25, -0.2) is 0 Å². The molecule has 0 aliphatic rings. The molecule has 114 valence electrons. The third kappa shape index (κ3) is 4.19. The van der Waals surface area contributed by atoms with Crippen LogP contribution in [0.25, 0.3) is 0 Å². The normalized spacial score (nSPS) is 10.1. The zero-order chi connectivity index (χ0) is 16.1. The van der Waals surface area contributed by atoms with Crippen LogP contribution in [0.4, 0.5) is 5.69 Å². The highest BCUT2D eigenvalue weighted by atomic mass is 35.5. The van der Waals surface area contributed by atoms with Gasteiger partial charge in [-0.3, -0.25) is 14.6 Å². The molecule has 0 bridgehead atoms. The van der Waals surface area contributed by atoms with E-state index in [1.807, 2.05) is 0 Å². The van der Waals surface area contributed by atoms with Gasteiger partial charge in [-0.1, -0.05) is 23.2 Å². The molecule has 2 amide bonds. The van der Waals surface area contributed by atoms with Gasteiger partial charge in [0.1, 0.15) is 0 Å². The molecule has 0 aliphatic carbocycles. The van der Waals surface area contributed by atoms with Crippen molar-refractivity contribution in [3.8, 4) is 0 Å². The highest BCUT2D eigenvalue weighted by molar-refractivity contribution is 6.36. The van der Waals surface area contributed by atoms with E-state index in [1.54, 1.807) is 37.5 Å². The van der Waals surface area contributed by atoms with Crippen LogP contribution in [0.2, 0.25) is 10.0 Å². The molecule has 0 spiro atoms. The van der Waals surface area contributed by atoms with Gasteiger partial charge in [0.2, 0.25) is 5.91 Å². The number of amides is 2. The van der Waals surface area contributed by atoms with E-state index in [0.717, 1.165) is 0 Å². The lowest BCUT2D eigenvalue weighted by Crippen LogP contribution is -2.35. The summed E-state index contributed by atoms with van der Waals surface area (Å²) in [5, 5.41) is 3.45. The molecular weight excluding hydrogens is 325 g/mol. The van der Waals surface area contributed by atoms with Crippen molar-refractivity contribution in [2.75, 3.05) is 18.9 Å². The summed E-state index contributed by atoms with van der Waals surface area (Å²) in [4.78, 5) is 29.3. The van der Waals surface area contributed by atoms with Crippen molar-refractivity contribution in [3.63, 3.8) is 0 Å². The fourth-order valence-corrected chi connectivity index (χ4v) is 2.23. The zero-order valence-corrected chi connectivity index (χ0v) is 13.2. The standard InChI is InChI=1S/C15H13Cl2N3O2/c1-20(15(22)10-3-2-6-18-8-10)9-14(21)19-13-5-4-11(16)7-12(13)17/h2-8H,9H2,1H3,(H,19,21). The van der Waals surface area contributed by atoms with Gasteiger partial charge in [-0.05, 0) is 30.3 Å². The van der Waals surface area contributed by atoms with E-state index in [-0.39, 0.29) is 18.4 Å². The Balaban J connectivity index is 1.98. The molecule has 2 aromatic rings. The molecular formula is C15H13Cl2N3O2. The summed E-state index contributed by atoms with van der Waals surface area (Å²) in [6.07, 6.45) is 3.03. The fraction of sp³-hybridized carbons (Fsp3) is 0.133. The molecule has 1 heterocycles. The number of hydrogen-bond acceptors (Lipinski definition) is 3. The summed E-state index contributed by atoms with van der Waals surface area (Å²) in [5.41, 5.74) is 0.862. The first-order chi connectivity index (χ1) is 10.5. The lowest BCUT2D eigenvalue weighted by atomic mass is 10.2. The van der Waals surface area contributed by atoms with Crippen LogP contribution >= 0.6 is 23.2 Å². The average molecular weight is 338 g/mol. The summed E-state index contributed by atoms with van der Waals surface area (Å²) < 4.78 is 0. The number of pyridine rings is 1. The van der Waals surface area contributed by atoms with E-state index in [4.69, 9.17) is 23.2 Å². The van der Waals surface area contributed by atoms with Crippen LogP contribution < -0.4 is 5.32 Å². The molecule has 0 aliphatic heterocycles. The van der Waals surface area contributed by atoms with Crippen LogP contribution in [0.3, 0.4) is 0 Å². The van der Waals surface area contributed by atoms with E-state index in [2.05, 4.69) is 10.3 Å². The Morgan fingerprint density at radius 1 is 1.27 bits per heavy atom. The van der Waals surface area contributed by atoms with E-state index in [9.17, 15) is 9.59 Å². The van der Waals surface area contributed by atoms with Crippen molar-refractivity contribution >= 4 is 40.7 Å². The molecule has 1 aromatic heterocycles. The van der Waals surface area contributed by atoms with Crippen LogP contribution in [0.15, 0.2) is 42.7 Å². The van der Waals surface area contributed by atoms with Gasteiger partial charge >= 0.3 is 0 Å². The summed E-state index contributed by atoms with van der Waals surface area (Å²) in [7, 11) is 1.54. The van der Waals surface area contributed by atoms with E-state index >= 15 is 0 Å². The Labute approximate surface area is 137 Å². The molecule has 0 saturated carbocycles. The Kier molecular flexibility index (Phi) is 5.35. The minimum atomic E-state index is -0.357. The third-order valence-corrected chi connectivity index (χ3v) is 3.39. The number of carbonyl (C=O) groups excluding carboxylic acids is 2. The van der Waals surface area contributed by atoms with Gasteiger partial charge in [0.15, 0.2) is 0 Å². The lowest BCUT2D eigenvalue weighted by Gasteiger charge is -2.17. The second-order valence-electron chi connectivity index (χ2n) is 4.58. The SMILES string of the molecule is CN(CC(=O)Nc1ccc(Cl)cc1Cl)C(=O)c1cccnc1. The molecule has 0 radical (unpaired) electrons. The molecule has 1 N–H and O–H groups in total. The Hall–Kier alpha value is -2.11. The number of nitrogens with one attached hydrogen (secondary N) is 1. The van der Waals surface area contributed by atoms with Crippen LogP contribution in [0.1, 0.15) is 10.4 Å². The molecule has 0 atom stereocenters. The van der Waals surface area contributed by atoms with E-state index in [1.165, 1.54) is 17.2 Å². The van der Waals surface area contributed by atoms with Gasteiger partial charge in [-0.2, -0.15) is 0 Å². The second kappa shape index (κ2) is 7.24. The molecule has 0 saturated heterocycles. The molecule has 0 unspecified atom stereocenters. The number of rotatable bonds is 4. The number of likely N-dealkylation sites (N-methyl/N-ethyl adjacent to an activating group) is 1. The topological polar surface area (TPSA) is 62.3 Å². The van der Waals surface area contributed by atoms with Crippen molar-refractivity contribution in [2.24, 2.45) is 0 Å². The zero-order valence-electron chi connectivity index (χ0n) is 11.7. The molecule has 1 aromatic carbocycles. The first-order valence-electron chi connectivity index (χ1n) is 6.38. The smallest absolute Gasteiger partial charge is 0.255 e. The molecule has 2 rings (SSSR count). The predicted octanol–water partition coefficient (Wildman–Crippen LogP) is 3.10. The van der Waals surface area contributed by atoms with Crippen LogP contribution in [0, 0.1) is 0 Å². The number of benzene rings is 1. The Bertz CT molecular complexity index is 692. The molecule has 7 heteroatoms. The summed E-state index contributed by atoms with van der Waals surface area (Å²) in [6, 6.07) is 8.05. The van der Waals surface area contributed by atoms with Crippen molar-refractivity contribution in [1.29, 1.82) is 0 Å². The highest BCUT2D eigenvalue weighted by Crippen LogP contribution is 2.25. The lowest BCUT2D eigenvalue weighted by molar-refractivity contribution is -0.116. The van der Waals surface area contributed by atoms with Gasteiger partial charge in [0.05, 0.1) is 22.8 Å². The van der Waals surface area contributed by atoms with Gasteiger partial charge in [0.25, 0.3) is 5.91 Å². The molecule has 5 nitrogen and oxygen atoms in total. The molecule has 0 fully saturated rings. The van der Waals surface area contributed by atoms with Crippen LogP contribution in [-0.2, 0) is 4.79 Å².